The van der Waals surface area contributed by atoms with Crippen molar-refractivity contribution < 1.29 is 9.31 Å². The molecular weight excluding hydrogens is 241 g/mol. The topological polar surface area (TPSA) is 40.5 Å². The van der Waals surface area contributed by atoms with Crippen molar-refractivity contribution >= 4 is 12.6 Å². The lowest BCUT2D eigenvalue weighted by molar-refractivity contribution is 0.00578. The van der Waals surface area contributed by atoms with Gasteiger partial charge in [0.15, 0.2) is 0 Å². The van der Waals surface area contributed by atoms with Crippen LogP contribution in [0.4, 0.5) is 0 Å². The van der Waals surface area contributed by atoms with Gasteiger partial charge in [0.25, 0.3) is 5.56 Å². The minimum atomic E-state index is -0.594. The first-order valence-corrected chi connectivity index (χ1v) is 6.72. The first-order valence-electron chi connectivity index (χ1n) is 6.72. The Hall–Kier alpha value is -1.07. The minimum absolute atomic E-state index is 0.0454. The van der Waals surface area contributed by atoms with E-state index in [9.17, 15) is 4.79 Å². The van der Waals surface area contributed by atoms with E-state index >= 15 is 0 Å². The van der Waals surface area contributed by atoms with Crippen LogP contribution in [0.5, 0.6) is 0 Å². The van der Waals surface area contributed by atoms with Gasteiger partial charge in [-0.05, 0) is 47.6 Å². The molecule has 5 heteroatoms. The normalized spacial score (nSPS) is 21.1. The summed E-state index contributed by atoms with van der Waals surface area (Å²) < 4.78 is 13.6. The second kappa shape index (κ2) is 4.49. The summed E-state index contributed by atoms with van der Waals surface area (Å²) in [6.07, 6.45) is 1.79. The Morgan fingerprint density at radius 3 is 2.16 bits per heavy atom. The fraction of sp³-hybridized carbons (Fsp3) is 0.643. The lowest BCUT2D eigenvalue weighted by Gasteiger charge is -2.32. The molecule has 1 aromatic rings. The Balaban J connectivity index is 2.41. The number of rotatable bonds is 2. The van der Waals surface area contributed by atoms with Crippen LogP contribution in [0.1, 0.15) is 47.6 Å². The summed E-state index contributed by atoms with van der Waals surface area (Å²) in [5.41, 5.74) is -0.337. The Bertz CT molecular complexity index is 518. The molecule has 0 spiro atoms. The molecule has 104 valence electrons. The maximum Gasteiger partial charge on any atom is 0.500 e. The van der Waals surface area contributed by atoms with Gasteiger partial charge >= 0.3 is 7.12 Å². The first-order chi connectivity index (χ1) is 8.66. The van der Waals surface area contributed by atoms with Crippen LogP contribution in [0.2, 0.25) is 0 Å². The van der Waals surface area contributed by atoms with Gasteiger partial charge in [-0.25, -0.2) is 0 Å². The molecule has 0 radical (unpaired) electrons. The predicted molar refractivity (Wildman–Crippen MR) is 76.8 cm³/mol. The summed E-state index contributed by atoms with van der Waals surface area (Å²) in [5, 5.41) is 0. The van der Waals surface area contributed by atoms with Crippen LogP contribution in [0, 0.1) is 0 Å². The lowest BCUT2D eigenvalue weighted by Crippen LogP contribution is -2.47. The van der Waals surface area contributed by atoms with Crippen molar-refractivity contribution in [3.8, 4) is 0 Å². The average Bonchev–Trinajstić information content (AvgIpc) is 2.47. The number of aromatic nitrogens is 1. The first kappa shape index (κ1) is 14.3. The smallest absolute Gasteiger partial charge is 0.399 e. The molecule has 0 aromatic carbocycles. The third kappa shape index (κ3) is 2.37. The van der Waals surface area contributed by atoms with E-state index < -0.39 is 18.3 Å². The molecule has 2 rings (SSSR count). The highest BCUT2D eigenvalue weighted by Crippen LogP contribution is 2.36. The fourth-order valence-corrected chi connectivity index (χ4v) is 2.08. The maximum atomic E-state index is 12.4. The van der Waals surface area contributed by atoms with Gasteiger partial charge in [-0.2, -0.15) is 0 Å². The summed E-state index contributed by atoms with van der Waals surface area (Å²) >= 11 is 0. The molecule has 1 fully saturated rings. The SMILES string of the molecule is CC(C)n1cccc(B2OC(C)(C)C(C)(C)O2)c1=O. The molecule has 0 atom stereocenters. The van der Waals surface area contributed by atoms with Crippen LogP contribution >= 0.6 is 0 Å². The number of hydrogen-bond acceptors (Lipinski definition) is 3. The summed E-state index contributed by atoms with van der Waals surface area (Å²) in [4.78, 5) is 12.4. The second-order valence-electron chi connectivity index (χ2n) is 6.36. The summed E-state index contributed by atoms with van der Waals surface area (Å²) in [5.74, 6) is 0. The monoisotopic (exact) mass is 263 g/mol. The second-order valence-corrected chi connectivity index (χ2v) is 6.36. The molecule has 4 nitrogen and oxygen atoms in total. The zero-order chi connectivity index (χ0) is 14.4. The van der Waals surface area contributed by atoms with Crippen LogP contribution < -0.4 is 11.0 Å². The van der Waals surface area contributed by atoms with E-state index in [-0.39, 0.29) is 11.6 Å². The van der Waals surface area contributed by atoms with Gasteiger partial charge in [-0.1, -0.05) is 6.07 Å². The summed E-state index contributed by atoms with van der Waals surface area (Å²) in [7, 11) is -0.594. The molecule has 19 heavy (non-hydrogen) atoms. The summed E-state index contributed by atoms with van der Waals surface area (Å²) in [6.45, 7) is 11.9. The fourth-order valence-electron chi connectivity index (χ4n) is 2.08. The Morgan fingerprint density at radius 1 is 1.16 bits per heavy atom. The van der Waals surface area contributed by atoms with Gasteiger partial charge in [0, 0.05) is 17.7 Å². The highest BCUT2D eigenvalue weighted by atomic mass is 16.7. The number of hydrogen-bond donors (Lipinski definition) is 0. The van der Waals surface area contributed by atoms with Gasteiger partial charge in [-0.15, -0.1) is 0 Å². The molecule has 1 aromatic heterocycles. The van der Waals surface area contributed by atoms with E-state index in [2.05, 4.69) is 0 Å². The highest BCUT2D eigenvalue weighted by molar-refractivity contribution is 6.61. The van der Waals surface area contributed by atoms with Crippen molar-refractivity contribution in [3.05, 3.63) is 28.7 Å². The molecule has 0 unspecified atom stereocenters. The number of pyridine rings is 1. The average molecular weight is 263 g/mol. The largest absolute Gasteiger partial charge is 0.500 e. The third-order valence-electron chi connectivity index (χ3n) is 4.07. The van der Waals surface area contributed by atoms with E-state index in [1.54, 1.807) is 16.8 Å². The van der Waals surface area contributed by atoms with Crippen molar-refractivity contribution in [3.63, 3.8) is 0 Å². The third-order valence-corrected chi connectivity index (χ3v) is 4.07. The van der Waals surface area contributed by atoms with Crippen LogP contribution in [0.25, 0.3) is 0 Å². The van der Waals surface area contributed by atoms with E-state index in [1.807, 2.05) is 47.6 Å². The molecule has 1 aliphatic rings. The molecule has 1 saturated heterocycles. The van der Waals surface area contributed by atoms with E-state index in [0.29, 0.717) is 5.46 Å². The van der Waals surface area contributed by atoms with Crippen LogP contribution in [0.15, 0.2) is 23.1 Å². The molecule has 2 heterocycles. The van der Waals surface area contributed by atoms with Crippen molar-refractivity contribution in [2.45, 2.75) is 58.8 Å². The molecule has 0 N–H and O–H groups in total. The molecular formula is C14H22BNO3. The van der Waals surface area contributed by atoms with Crippen molar-refractivity contribution in [1.82, 2.24) is 4.57 Å². The Morgan fingerprint density at radius 2 is 1.68 bits per heavy atom. The van der Waals surface area contributed by atoms with Crippen molar-refractivity contribution in [1.29, 1.82) is 0 Å². The quantitative estimate of drug-likeness (QED) is 0.763. The Kier molecular flexibility index (Phi) is 3.39. The lowest BCUT2D eigenvalue weighted by atomic mass is 9.80. The van der Waals surface area contributed by atoms with Gasteiger partial charge < -0.3 is 13.9 Å². The number of nitrogens with zero attached hydrogens (tertiary/aromatic N) is 1. The van der Waals surface area contributed by atoms with Crippen LogP contribution in [0.3, 0.4) is 0 Å². The van der Waals surface area contributed by atoms with Gasteiger partial charge in [0.1, 0.15) is 0 Å². The molecule has 0 amide bonds. The maximum absolute atomic E-state index is 12.4. The van der Waals surface area contributed by atoms with Crippen LogP contribution in [-0.4, -0.2) is 22.9 Å². The van der Waals surface area contributed by atoms with E-state index in [1.165, 1.54) is 0 Å². The van der Waals surface area contributed by atoms with Gasteiger partial charge in [0.2, 0.25) is 0 Å². The van der Waals surface area contributed by atoms with E-state index in [0.717, 1.165) is 0 Å². The minimum Gasteiger partial charge on any atom is -0.399 e. The molecule has 0 saturated carbocycles. The van der Waals surface area contributed by atoms with Crippen molar-refractivity contribution in [2.75, 3.05) is 0 Å². The predicted octanol–water partition coefficient (Wildman–Crippen LogP) is 1.73. The van der Waals surface area contributed by atoms with Gasteiger partial charge in [-0.3, -0.25) is 4.79 Å². The standard InChI is InChI=1S/C14H22BNO3/c1-10(2)16-9-7-8-11(12(16)17)15-18-13(3,4)14(5,6)19-15/h7-10H,1-6H3. The summed E-state index contributed by atoms with van der Waals surface area (Å²) in [6, 6.07) is 3.76. The van der Waals surface area contributed by atoms with Gasteiger partial charge in [0.05, 0.1) is 11.2 Å². The highest BCUT2D eigenvalue weighted by Gasteiger charge is 2.52. The van der Waals surface area contributed by atoms with Crippen LogP contribution in [-0.2, 0) is 9.31 Å². The Labute approximate surface area is 114 Å². The molecule has 0 bridgehead atoms. The van der Waals surface area contributed by atoms with Crippen molar-refractivity contribution in [2.24, 2.45) is 0 Å². The van der Waals surface area contributed by atoms with E-state index in [4.69, 9.17) is 9.31 Å². The zero-order valence-corrected chi connectivity index (χ0v) is 12.6. The zero-order valence-electron chi connectivity index (χ0n) is 12.6. The molecule has 1 aliphatic heterocycles. The molecule has 0 aliphatic carbocycles.